The first-order valence-electron chi connectivity index (χ1n) is 2.13. The van der Waals surface area contributed by atoms with Crippen molar-refractivity contribution in [3.63, 3.8) is 0 Å². The summed E-state index contributed by atoms with van der Waals surface area (Å²) >= 11 is 5.10. The summed E-state index contributed by atoms with van der Waals surface area (Å²) in [6.45, 7) is 2.03. The lowest BCUT2D eigenvalue weighted by molar-refractivity contribution is 1.42. The fourth-order valence-electron chi connectivity index (χ4n) is 0.338. The van der Waals surface area contributed by atoms with Crippen LogP contribution in [-0.4, -0.2) is 10.6 Å². The maximum atomic E-state index is 4.13. The van der Waals surface area contributed by atoms with E-state index in [-0.39, 0.29) is 0 Å². The molecular formula is C4H6NS3+. The smallest absolute Gasteiger partial charge is 0.181 e. The Morgan fingerprint density at radius 3 is 2.62 bits per heavy atom. The lowest BCUT2D eigenvalue weighted by Gasteiger charge is -1.61. The number of aryl methyl sites for hydroxylation is 1. The number of aromatic nitrogens is 1. The van der Waals surface area contributed by atoms with E-state index in [1.54, 1.807) is 34.2 Å². The number of nitrogens with zero attached hydrogens (tertiary/aromatic N) is 1. The minimum Gasteiger partial charge on any atom is -0.181 e. The van der Waals surface area contributed by atoms with E-state index in [1.807, 2.05) is 6.92 Å². The van der Waals surface area contributed by atoms with Crippen LogP contribution in [0.15, 0.2) is 0 Å². The average molecular weight is 164 g/mol. The zero-order chi connectivity index (χ0) is 5.98. The Bertz CT molecular complexity index is 221. The third-order valence-electron chi connectivity index (χ3n) is 0.646. The largest absolute Gasteiger partial charge is 0.352 e. The molecule has 0 fully saturated rings. The number of hydrogen-bond donors (Lipinski definition) is 0. The summed E-state index contributed by atoms with van der Waals surface area (Å²) in [5, 5.41) is 1.17. The van der Waals surface area contributed by atoms with Gasteiger partial charge < -0.3 is 0 Å². The van der Waals surface area contributed by atoms with Gasteiger partial charge in [-0.3, -0.25) is 0 Å². The van der Waals surface area contributed by atoms with Gasteiger partial charge in [0.15, 0.2) is 6.26 Å². The SMILES string of the molecule is C[S+]=c1snc(C)s1. The van der Waals surface area contributed by atoms with Crippen molar-refractivity contribution in [1.29, 1.82) is 0 Å². The molecule has 0 aliphatic heterocycles. The molecule has 0 aliphatic rings. The molecule has 0 bridgehead atoms. The topological polar surface area (TPSA) is 12.9 Å². The highest BCUT2D eigenvalue weighted by atomic mass is 32.2. The number of rotatable bonds is 0. The Labute approximate surface area is 60.1 Å². The van der Waals surface area contributed by atoms with Gasteiger partial charge in [0.05, 0.1) is 0 Å². The van der Waals surface area contributed by atoms with Crippen LogP contribution in [0.4, 0.5) is 0 Å². The van der Waals surface area contributed by atoms with Gasteiger partial charge in [-0.15, -0.1) is 0 Å². The first-order valence-corrected chi connectivity index (χ1v) is 4.95. The van der Waals surface area contributed by atoms with E-state index in [4.69, 9.17) is 0 Å². The molecule has 0 atom stereocenters. The molecule has 44 valence electrons. The molecule has 1 aromatic heterocycles. The highest BCUT2D eigenvalue weighted by Crippen LogP contribution is 2.08. The molecule has 0 saturated heterocycles. The Morgan fingerprint density at radius 1 is 1.62 bits per heavy atom. The van der Waals surface area contributed by atoms with Crippen LogP contribution in [0.3, 0.4) is 0 Å². The van der Waals surface area contributed by atoms with Crippen LogP contribution < -0.4 is 0 Å². The third-order valence-corrected chi connectivity index (χ3v) is 4.11. The Hall–Kier alpha value is 0.200. The van der Waals surface area contributed by atoms with Crippen molar-refractivity contribution in [3.05, 3.63) is 8.15 Å². The molecule has 1 aromatic rings. The molecule has 1 heterocycles. The molecule has 0 saturated carbocycles. The van der Waals surface area contributed by atoms with Crippen LogP contribution in [0.25, 0.3) is 0 Å². The summed E-state index contributed by atoms with van der Waals surface area (Å²) < 4.78 is 5.46. The van der Waals surface area contributed by atoms with Crippen LogP contribution in [0.5, 0.6) is 0 Å². The highest BCUT2D eigenvalue weighted by molar-refractivity contribution is 7.74. The molecule has 0 N–H and O–H groups in total. The van der Waals surface area contributed by atoms with Crippen LogP contribution >= 0.6 is 22.9 Å². The van der Waals surface area contributed by atoms with Crippen molar-refractivity contribution in [1.82, 2.24) is 4.37 Å². The van der Waals surface area contributed by atoms with Crippen molar-refractivity contribution >= 4 is 34.2 Å². The van der Waals surface area contributed by atoms with Crippen LogP contribution in [-0.2, 0) is 11.4 Å². The van der Waals surface area contributed by atoms with Crippen molar-refractivity contribution in [2.75, 3.05) is 6.26 Å². The summed E-state index contributed by atoms with van der Waals surface area (Å²) in [4.78, 5) is 0. The molecule has 0 spiro atoms. The highest BCUT2D eigenvalue weighted by Gasteiger charge is 1.94. The first-order chi connectivity index (χ1) is 3.83. The molecule has 0 aromatic carbocycles. The van der Waals surface area contributed by atoms with Gasteiger partial charge in [0, 0.05) is 11.5 Å². The van der Waals surface area contributed by atoms with Gasteiger partial charge in [-0.2, -0.15) is 4.37 Å². The van der Waals surface area contributed by atoms with Gasteiger partial charge in [-0.25, -0.2) is 0 Å². The second-order valence-corrected chi connectivity index (χ2v) is 4.83. The Morgan fingerprint density at radius 2 is 2.38 bits per heavy atom. The zero-order valence-electron chi connectivity index (χ0n) is 4.67. The van der Waals surface area contributed by atoms with E-state index in [2.05, 4.69) is 10.6 Å². The van der Waals surface area contributed by atoms with Gasteiger partial charge in [-0.1, -0.05) is 0 Å². The fraction of sp³-hybridized carbons (Fsp3) is 0.500. The zero-order valence-corrected chi connectivity index (χ0v) is 7.12. The van der Waals surface area contributed by atoms with E-state index >= 15 is 0 Å². The van der Waals surface area contributed by atoms with E-state index in [9.17, 15) is 0 Å². The van der Waals surface area contributed by atoms with E-state index in [0.29, 0.717) is 0 Å². The second-order valence-electron chi connectivity index (χ2n) is 1.26. The van der Waals surface area contributed by atoms with Crippen LogP contribution in [0.2, 0.25) is 0 Å². The lowest BCUT2D eigenvalue weighted by Crippen LogP contribution is -1.53. The maximum Gasteiger partial charge on any atom is 0.352 e. The Kier molecular flexibility index (Phi) is 2.10. The lowest BCUT2D eigenvalue weighted by atomic mass is 10.9. The van der Waals surface area contributed by atoms with Crippen molar-refractivity contribution in [2.24, 2.45) is 0 Å². The molecule has 1 rings (SSSR count). The molecule has 4 heteroatoms. The van der Waals surface area contributed by atoms with Gasteiger partial charge in [0.1, 0.15) is 5.01 Å². The van der Waals surface area contributed by atoms with Crippen molar-refractivity contribution in [3.8, 4) is 0 Å². The second kappa shape index (κ2) is 2.66. The van der Waals surface area contributed by atoms with Gasteiger partial charge >= 0.3 is 3.14 Å². The third kappa shape index (κ3) is 1.34. The van der Waals surface area contributed by atoms with Crippen LogP contribution in [0, 0.1) is 10.1 Å². The Balaban J connectivity index is 3.20. The fourth-order valence-corrected chi connectivity index (χ4v) is 2.77. The normalized spacial score (nSPS) is 12.5. The minimum absolute atomic E-state index is 1.17. The standard InChI is InChI=1S/C4H6NS3/c1-3-5-8-4(6-2)7-3/h1-2H3/q+1. The van der Waals surface area contributed by atoms with E-state index < -0.39 is 0 Å². The average Bonchev–Trinajstić information content (AvgIpc) is 2.14. The molecule has 1 nitrogen and oxygen atoms in total. The molecule has 8 heavy (non-hydrogen) atoms. The van der Waals surface area contributed by atoms with Gasteiger partial charge in [0.25, 0.3) is 0 Å². The van der Waals surface area contributed by atoms with Gasteiger partial charge in [-0.05, 0) is 18.3 Å². The summed E-state index contributed by atoms with van der Waals surface area (Å²) in [5.41, 5.74) is 0. The summed E-state index contributed by atoms with van der Waals surface area (Å²) in [5.74, 6) is 0. The predicted octanol–water partition coefficient (Wildman–Crippen LogP) is 1.76. The molecule has 0 aliphatic carbocycles. The van der Waals surface area contributed by atoms with Crippen LogP contribution in [0.1, 0.15) is 5.01 Å². The molecule has 0 unspecified atom stereocenters. The quantitative estimate of drug-likeness (QED) is 0.420. The van der Waals surface area contributed by atoms with E-state index in [0.717, 1.165) is 0 Å². The molecule has 0 amide bonds. The molecule has 0 radical (unpaired) electrons. The van der Waals surface area contributed by atoms with Crippen molar-refractivity contribution < 1.29 is 0 Å². The molecular weight excluding hydrogens is 158 g/mol. The monoisotopic (exact) mass is 164 g/mol. The summed E-state index contributed by atoms with van der Waals surface area (Å²) in [7, 11) is 0. The van der Waals surface area contributed by atoms with Crippen molar-refractivity contribution in [2.45, 2.75) is 6.92 Å². The van der Waals surface area contributed by atoms with E-state index in [1.165, 1.54) is 8.15 Å². The number of hydrogen-bond acceptors (Lipinski definition) is 3. The summed E-state index contributed by atoms with van der Waals surface area (Å²) in [6.07, 6.45) is 2.07. The first kappa shape index (κ1) is 6.32. The predicted molar refractivity (Wildman–Crippen MR) is 41.3 cm³/mol. The maximum absolute atomic E-state index is 4.13. The minimum atomic E-state index is 1.17. The summed E-state index contributed by atoms with van der Waals surface area (Å²) in [6, 6.07) is 0. The van der Waals surface area contributed by atoms with Gasteiger partial charge in [0.2, 0.25) is 11.4 Å².